The molecule has 2 aromatic carbocycles. The summed E-state index contributed by atoms with van der Waals surface area (Å²) in [7, 11) is 1.57. The Hall–Kier alpha value is -3.35. The zero-order chi connectivity index (χ0) is 25.6. The maximum atomic E-state index is 13.5. The highest BCUT2D eigenvalue weighted by atomic mass is 16.6. The maximum absolute atomic E-state index is 13.5. The largest absolute Gasteiger partial charge is 0.444 e. The number of hydrogen-bond donors (Lipinski definition) is 2. The number of likely N-dealkylation sites (N-methyl/N-ethyl adjacent to an activating group) is 1. The number of para-hydroxylation sites is 1. The van der Waals surface area contributed by atoms with Gasteiger partial charge >= 0.3 is 6.09 Å². The van der Waals surface area contributed by atoms with Gasteiger partial charge in [-0.05, 0) is 70.2 Å². The fourth-order valence-corrected chi connectivity index (χ4v) is 3.67. The Kier molecular flexibility index (Phi) is 8.85. The molecule has 0 fully saturated rings. The van der Waals surface area contributed by atoms with E-state index in [9.17, 15) is 14.4 Å². The zero-order valence-electron chi connectivity index (χ0n) is 21.5. The molecule has 0 radical (unpaired) electrons. The molecule has 2 rings (SSSR count). The average molecular weight is 468 g/mol. The summed E-state index contributed by atoms with van der Waals surface area (Å²) >= 11 is 0. The number of hydrogen-bond acceptors (Lipinski definition) is 4. The fourth-order valence-electron chi connectivity index (χ4n) is 3.67. The third-order valence-corrected chi connectivity index (χ3v) is 5.52. The number of aryl methyl sites for hydroxylation is 3. The van der Waals surface area contributed by atoms with Gasteiger partial charge in [-0.2, -0.15) is 0 Å². The molecule has 7 heteroatoms. The van der Waals surface area contributed by atoms with Crippen molar-refractivity contribution in [3.05, 3.63) is 64.7 Å². The van der Waals surface area contributed by atoms with Gasteiger partial charge in [0.1, 0.15) is 17.7 Å². The lowest BCUT2D eigenvalue weighted by Crippen LogP contribution is -2.49. The van der Waals surface area contributed by atoms with Crippen LogP contribution in [-0.4, -0.2) is 41.5 Å². The lowest BCUT2D eigenvalue weighted by atomic mass is 10.0. The highest BCUT2D eigenvalue weighted by Gasteiger charge is 2.32. The van der Waals surface area contributed by atoms with Gasteiger partial charge in [-0.3, -0.25) is 9.59 Å². The number of ether oxygens (including phenoxy) is 1. The van der Waals surface area contributed by atoms with Crippen molar-refractivity contribution in [2.45, 2.75) is 72.6 Å². The van der Waals surface area contributed by atoms with Crippen LogP contribution < -0.4 is 10.6 Å². The van der Waals surface area contributed by atoms with E-state index in [0.29, 0.717) is 5.56 Å². The number of anilines is 1. The monoisotopic (exact) mass is 467 g/mol. The predicted octanol–water partition coefficient (Wildman–Crippen LogP) is 4.92. The summed E-state index contributed by atoms with van der Waals surface area (Å²) < 4.78 is 5.26. The fraction of sp³-hybridized carbons (Fsp3) is 0.444. The first-order chi connectivity index (χ1) is 15.8. The number of alkyl carbamates (subject to hydrolysis) is 1. The van der Waals surface area contributed by atoms with Crippen molar-refractivity contribution in [2.75, 3.05) is 12.4 Å². The molecule has 34 heavy (non-hydrogen) atoms. The van der Waals surface area contributed by atoms with Crippen LogP contribution in [0.5, 0.6) is 0 Å². The topological polar surface area (TPSA) is 87.7 Å². The summed E-state index contributed by atoms with van der Waals surface area (Å²) in [6.45, 7) is 12.7. The molecule has 0 aromatic heterocycles. The van der Waals surface area contributed by atoms with Crippen molar-refractivity contribution in [1.29, 1.82) is 0 Å². The Morgan fingerprint density at radius 2 is 1.56 bits per heavy atom. The van der Waals surface area contributed by atoms with Crippen LogP contribution in [0.4, 0.5) is 10.5 Å². The van der Waals surface area contributed by atoms with E-state index >= 15 is 0 Å². The molecule has 0 spiro atoms. The van der Waals surface area contributed by atoms with Crippen LogP contribution in [-0.2, 0) is 20.7 Å². The number of benzene rings is 2. The molecular weight excluding hydrogens is 430 g/mol. The Balaban J connectivity index is 2.33. The van der Waals surface area contributed by atoms with Gasteiger partial charge in [0, 0.05) is 12.7 Å². The minimum atomic E-state index is -0.889. The quantitative estimate of drug-likeness (QED) is 0.605. The molecule has 0 heterocycles. The summed E-state index contributed by atoms with van der Waals surface area (Å²) in [5, 5.41) is 5.57. The van der Waals surface area contributed by atoms with Gasteiger partial charge in [-0.1, -0.05) is 49.4 Å². The summed E-state index contributed by atoms with van der Waals surface area (Å²) in [4.78, 5) is 40.3. The second-order valence-electron chi connectivity index (χ2n) is 9.57. The van der Waals surface area contributed by atoms with Gasteiger partial charge in [0.2, 0.25) is 5.91 Å². The Morgan fingerprint density at radius 3 is 2.06 bits per heavy atom. The molecular formula is C27H37N3O4. The first kappa shape index (κ1) is 26.9. The van der Waals surface area contributed by atoms with Crippen molar-refractivity contribution < 1.29 is 19.1 Å². The van der Waals surface area contributed by atoms with E-state index in [1.54, 1.807) is 34.7 Å². The molecule has 0 saturated carbocycles. The molecule has 2 atom stereocenters. The molecule has 2 N–H and O–H groups in total. The Bertz CT molecular complexity index is 1000. The summed E-state index contributed by atoms with van der Waals surface area (Å²) in [5.74, 6) is -0.742. The summed E-state index contributed by atoms with van der Waals surface area (Å²) in [6, 6.07) is 11.6. The van der Waals surface area contributed by atoms with Gasteiger partial charge in [0.15, 0.2) is 0 Å². The van der Waals surface area contributed by atoms with Crippen LogP contribution in [0.3, 0.4) is 0 Å². The van der Waals surface area contributed by atoms with E-state index in [-0.39, 0.29) is 5.91 Å². The van der Waals surface area contributed by atoms with Gasteiger partial charge in [0.05, 0.1) is 0 Å². The van der Waals surface area contributed by atoms with Crippen molar-refractivity contribution in [1.82, 2.24) is 10.2 Å². The molecule has 7 nitrogen and oxygen atoms in total. The molecule has 3 amide bonds. The SMILES string of the molecule is CCc1ccc(C(C(=O)Nc2c(C)cccc2C)N(C)C(=O)C(C)NC(=O)OC(C)(C)C)cc1. The second-order valence-corrected chi connectivity index (χ2v) is 9.57. The third kappa shape index (κ3) is 7.07. The molecule has 2 aromatic rings. The summed E-state index contributed by atoms with van der Waals surface area (Å²) in [5.41, 5.74) is 3.72. The first-order valence-corrected chi connectivity index (χ1v) is 11.6. The molecule has 0 aliphatic heterocycles. The normalized spacial score (nSPS) is 12.9. The first-order valence-electron chi connectivity index (χ1n) is 11.6. The van der Waals surface area contributed by atoms with Crippen molar-refractivity contribution >= 4 is 23.6 Å². The van der Waals surface area contributed by atoms with Crippen LogP contribution in [0.2, 0.25) is 0 Å². The third-order valence-electron chi connectivity index (χ3n) is 5.52. The van der Waals surface area contributed by atoms with Crippen molar-refractivity contribution in [3.8, 4) is 0 Å². The van der Waals surface area contributed by atoms with E-state index in [0.717, 1.165) is 28.8 Å². The minimum Gasteiger partial charge on any atom is -0.444 e. The average Bonchev–Trinajstić information content (AvgIpc) is 2.75. The van der Waals surface area contributed by atoms with Crippen molar-refractivity contribution in [2.24, 2.45) is 0 Å². The molecule has 0 aliphatic rings. The van der Waals surface area contributed by atoms with Gasteiger partial charge in [-0.15, -0.1) is 0 Å². The lowest BCUT2D eigenvalue weighted by molar-refractivity contribution is -0.138. The number of carbonyl (C=O) groups excluding carboxylic acids is 3. The number of carbonyl (C=O) groups is 3. The predicted molar refractivity (Wildman–Crippen MR) is 135 cm³/mol. The smallest absolute Gasteiger partial charge is 0.408 e. The van der Waals surface area contributed by atoms with Crippen molar-refractivity contribution in [3.63, 3.8) is 0 Å². The molecule has 2 unspecified atom stereocenters. The highest BCUT2D eigenvalue weighted by Crippen LogP contribution is 2.26. The number of rotatable bonds is 7. The van der Waals surface area contributed by atoms with E-state index in [4.69, 9.17) is 4.74 Å². The van der Waals surface area contributed by atoms with Crippen LogP contribution in [0.15, 0.2) is 42.5 Å². The molecule has 0 aliphatic carbocycles. The molecule has 0 bridgehead atoms. The van der Waals surface area contributed by atoms with Gasteiger partial charge in [0.25, 0.3) is 5.91 Å². The van der Waals surface area contributed by atoms with Gasteiger partial charge in [-0.25, -0.2) is 4.79 Å². The minimum absolute atomic E-state index is 0.332. The Morgan fingerprint density at radius 1 is 1.00 bits per heavy atom. The van der Waals surface area contributed by atoms with Crippen LogP contribution in [0.1, 0.15) is 62.9 Å². The van der Waals surface area contributed by atoms with E-state index < -0.39 is 29.7 Å². The standard InChI is InChI=1S/C27H37N3O4/c1-9-20-13-15-21(16-14-20)23(24(31)29-22-17(2)11-10-12-18(22)3)30(8)25(32)19(4)28-26(33)34-27(5,6)7/h10-16,19,23H,9H2,1-8H3,(H,28,33)(H,29,31). The zero-order valence-corrected chi connectivity index (χ0v) is 21.5. The Labute approximate surface area is 202 Å². The van der Waals surface area contributed by atoms with Gasteiger partial charge < -0.3 is 20.3 Å². The molecule has 0 saturated heterocycles. The summed E-state index contributed by atoms with van der Waals surface area (Å²) in [6.07, 6.45) is 0.177. The second kappa shape index (κ2) is 11.2. The lowest BCUT2D eigenvalue weighted by Gasteiger charge is -2.31. The number of amides is 3. The number of nitrogens with zero attached hydrogens (tertiary/aromatic N) is 1. The molecule has 184 valence electrons. The van der Waals surface area contributed by atoms with Crippen LogP contribution in [0.25, 0.3) is 0 Å². The maximum Gasteiger partial charge on any atom is 0.408 e. The van der Waals surface area contributed by atoms with Crippen LogP contribution >= 0.6 is 0 Å². The highest BCUT2D eigenvalue weighted by molar-refractivity contribution is 5.99. The van der Waals surface area contributed by atoms with E-state index in [1.807, 2.05) is 56.3 Å². The van der Waals surface area contributed by atoms with Crippen LogP contribution in [0, 0.1) is 13.8 Å². The van der Waals surface area contributed by atoms with E-state index in [2.05, 4.69) is 17.6 Å². The van der Waals surface area contributed by atoms with E-state index in [1.165, 1.54) is 4.90 Å². The number of nitrogens with one attached hydrogen (secondary N) is 2.